The first-order valence-electron chi connectivity index (χ1n) is 5.06. The first-order chi connectivity index (χ1) is 9.11. The molecule has 0 aliphatic carbocycles. The van der Waals surface area contributed by atoms with Crippen LogP contribution in [0.5, 0.6) is 5.75 Å². The zero-order valence-corrected chi connectivity index (χ0v) is 9.50. The Balaban J connectivity index is 3.27. The van der Waals surface area contributed by atoms with Gasteiger partial charge >= 0.3 is 6.18 Å². The molecule has 0 radical (unpaired) electrons. The number of hydrogen-bond donors (Lipinski definition) is 1. The summed E-state index contributed by atoms with van der Waals surface area (Å²) in [6.45, 7) is -0.570. The van der Waals surface area contributed by atoms with E-state index in [4.69, 9.17) is 5.73 Å². The van der Waals surface area contributed by atoms with E-state index in [0.717, 1.165) is 0 Å². The highest BCUT2D eigenvalue weighted by Gasteiger charge is 2.43. The minimum atomic E-state index is -5.08. The Labute approximate surface area is 107 Å². The second kappa shape index (κ2) is 5.81. The van der Waals surface area contributed by atoms with Gasteiger partial charge in [-0.15, -0.1) is 0 Å². The zero-order chi connectivity index (χ0) is 15.7. The Kier molecular flexibility index (Phi) is 4.79. The summed E-state index contributed by atoms with van der Waals surface area (Å²) in [5.41, 5.74) is 4.86. The molecule has 2 nitrogen and oxygen atoms in total. The molecule has 20 heavy (non-hydrogen) atoms. The van der Waals surface area contributed by atoms with Crippen molar-refractivity contribution in [2.45, 2.75) is 18.7 Å². The lowest BCUT2D eigenvalue weighted by Gasteiger charge is -2.22. The van der Waals surface area contributed by atoms with Crippen LogP contribution in [-0.4, -0.2) is 18.8 Å². The maximum absolute atomic E-state index is 13.1. The molecule has 1 aromatic carbocycles. The maximum Gasteiger partial charge on any atom is 0.425 e. The van der Waals surface area contributed by atoms with Crippen molar-refractivity contribution in [3.63, 3.8) is 0 Å². The number of halogens is 8. The topological polar surface area (TPSA) is 35.2 Å². The van der Waals surface area contributed by atoms with Crippen LogP contribution in [0.15, 0.2) is 0 Å². The molecule has 1 unspecified atom stereocenters. The van der Waals surface area contributed by atoms with Crippen LogP contribution in [0.25, 0.3) is 0 Å². The van der Waals surface area contributed by atoms with Gasteiger partial charge in [-0.05, 0) is 6.54 Å². The smallest absolute Gasteiger partial charge is 0.425 e. The van der Waals surface area contributed by atoms with Crippen LogP contribution in [-0.2, 0) is 0 Å². The van der Waals surface area contributed by atoms with Gasteiger partial charge in [-0.25, -0.2) is 13.2 Å². The highest BCUT2D eigenvalue weighted by molar-refractivity contribution is 5.30. The molecule has 1 aromatic rings. The molecule has 0 aliphatic heterocycles. The van der Waals surface area contributed by atoms with Crippen molar-refractivity contribution in [2.75, 3.05) is 6.54 Å². The van der Waals surface area contributed by atoms with Crippen LogP contribution >= 0.6 is 0 Å². The molecule has 114 valence electrons. The summed E-state index contributed by atoms with van der Waals surface area (Å²) < 4.78 is 106. The lowest BCUT2D eigenvalue weighted by atomic mass is 10.2. The number of hydrogen-bond acceptors (Lipinski definition) is 2. The van der Waals surface area contributed by atoms with Gasteiger partial charge in [-0.2, -0.15) is 22.0 Å². The molecule has 0 saturated carbocycles. The third-order valence-electron chi connectivity index (χ3n) is 2.22. The number of rotatable bonds is 4. The molecule has 1 atom stereocenters. The van der Waals surface area contributed by atoms with E-state index in [0.29, 0.717) is 0 Å². The standard InChI is InChI=1S/C10H7F8NO/c11-4-5(12)7(14)9(8(15)6(4)13)20-3(1-2-19)10(16,17)18/h3H,1-2,19H2. The minimum absolute atomic E-state index is 0.570. The summed E-state index contributed by atoms with van der Waals surface area (Å²) in [6, 6.07) is 0. The van der Waals surface area contributed by atoms with Gasteiger partial charge in [0.1, 0.15) is 0 Å². The van der Waals surface area contributed by atoms with E-state index < -0.39 is 60.1 Å². The van der Waals surface area contributed by atoms with Crippen LogP contribution in [0.3, 0.4) is 0 Å². The second-order valence-corrected chi connectivity index (χ2v) is 3.62. The Morgan fingerprint density at radius 3 is 1.60 bits per heavy atom. The van der Waals surface area contributed by atoms with Crippen molar-refractivity contribution in [3.05, 3.63) is 29.1 Å². The summed E-state index contributed by atoms with van der Waals surface area (Å²) in [5.74, 6) is -14.2. The molecule has 10 heteroatoms. The quantitative estimate of drug-likeness (QED) is 0.527. The molecule has 2 N–H and O–H groups in total. The Morgan fingerprint density at radius 2 is 1.25 bits per heavy atom. The highest BCUT2D eigenvalue weighted by Crippen LogP contribution is 2.33. The summed E-state index contributed by atoms with van der Waals surface area (Å²) in [6.07, 6.45) is -8.79. The molecule has 0 aromatic heterocycles. The van der Waals surface area contributed by atoms with E-state index in [2.05, 4.69) is 4.74 Å². The zero-order valence-electron chi connectivity index (χ0n) is 9.50. The average molecular weight is 309 g/mol. The van der Waals surface area contributed by atoms with Crippen molar-refractivity contribution in [1.29, 1.82) is 0 Å². The molecule has 0 aliphatic rings. The van der Waals surface area contributed by atoms with E-state index in [-0.39, 0.29) is 0 Å². The molecule has 0 saturated heterocycles. The lowest BCUT2D eigenvalue weighted by Crippen LogP contribution is -2.37. The molecular weight excluding hydrogens is 302 g/mol. The fourth-order valence-corrected chi connectivity index (χ4v) is 1.27. The normalized spacial score (nSPS) is 13.4. The SMILES string of the molecule is NCCC(Oc1c(F)c(F)c(F)c(F)c1F)C(F)(F)F. The summed E-state index contributed by atoms with van der Waals surface area (Å²) in [4.78, 5) is 0. The van der Waals surface area contributed by atoms with Crippen molar-refractivity contribution in [2.24, 2.45) is 5.73 Å². The molecule has 0 spiro atoms. The maximum atomic E-state index is 13.1. The van der Waals surface area contributed by atoms with Crippen LogP contribution in [0, 0.1) is 29.1 Å². The molecule has 1 rings (SSSR count). The first-order valence-corrected chi connectivity index (χ1v) is 5.06. The van der Waals surface area contributed by atoms with Gasteiger partial charge in [0.15, 0.2) is 11.9 Å². The third-order valence-corrected chi connectivity index (χ3v) is 2.22. The van der Waals surface area contributed by atoms with Gasteiger partial charge in [0.05, 0.1) is 0 Å². The first kappa shape index (κ1) is 16.5. The minimum Gasteiger partial charge on any atom is -0.475 e. The van der Waals surface area contributed by atoms with Crippen molar-refractivity contribution >= 4 is 0 Å². The van der Waals surface area contributed by atoms with Gasteiger partial charge in [-0.3, -0.25) is 0 Å². The van der Waals surface area contributed by atoms with Crippen molar-refractivity contribution in [1.82, 2.24) is 0 Å². The van der Waals surface area contributed by atoms with E-state index in [1.807, 2.05) is 0 Å². The largest absolute Gasteiger partial charge is 0.475 e. The van der Waals surface area contributed by atoms with Crippen LogP contribution < -0.4 is 10.5 Å². The summed E-state index contributed by atoms with van der Waals surface area (Å²) in [7, 11) is 0. The van der Waals surface area contributed by atoms with Crippen molar-refractivity contribution in [3.8, 4) is 5.75 Å². The Bertz CT molecular complexity index is 472. The lowest BCUT2D eigenvalue weighted by molar-refractivity contribution is -0.197. The number of ether oxygens (including phenoxy) is 1. The Hall–Kier alpha value is -1.58. The number of nitrogens with two attached hydrogens (primary N) is 1. The number of alkyl halides is 3. The van der Waals surface area contributed by atoms with Crippen molar-refractivity contribution < 1.29 is 39.9 Å². The third kappa shape index (κ3) is 3.11. The van der Waals surface area contributed by atoms with Crippen LogP contribution in [0.2, 0.25) is 0 Å². The van der Waals surface area contributed by atoms with Gasteiger partial charge in [0, 0.05) is 6.42 Å². The van der Waals surface area contributed by atoms with Gasteiger partial charge in [0.2, 0.25) is 29.1 Å². The summed E-state index contributed by atoms with van der Waals surface area (Å²) >= 11 is 0. The predicted octanol–water partition coefficient (Wildman–Crippen LogP) is 3.04. The van der Waals surface area contributed by atoms with Gasteiger partial charge < -0.3 is 10.5 Å². The van der Waals surface area contributed by atoms with E-state index in [9.17, 15) is 35.1 Å². The van der Waals surface area contributed by atoms with Crippen LogP contribution in [0.1, 0.15) is 6.42 Å². The molecule has 0 bridgehead atoms. The van der Waals surface area contributed by atoms with Crippen LogP contribution in [0.4, 0.5) is 35.1 Å². The predicted molar refractivity (Wildman–Crippen MR) is 50.4 cm³/mol. The number of benzene rings is 1. The molecule has 0 amide bonds. The molecule has 0 fully saturated rings. The molecule has 0 heterocycles. The average Bonchev–Trinajstić information content (AvgIpc) is 2.36. The molecular formula is C10H7F8NO. The highest BCUT2D eigenvalue weighted by atomic mass is 19.4. The van der Waals surface area contributed by atoms with E-state index >= 15 is 0 Å². The second-order valence-electron chi connectivity index (χ2n) is 3.62. The fraction of sp³-hybridized carbons (Fsp3) is 0.400. The Morgan fingerprint density at radius 1 is 0.850 bits per heavy atom. The fourth-order valence-electron chi connectivity index (χ4n) is 1.27. The monoisotopic (exact) mass is 309 g/mol. The van der Waals surface area contributed by atoms with E-state index in [1.54, 1.807) is 0 Å². The van der Waals surface area contributed by atoms with E-state index in [1.165, 1.54) is 0 Å². The summed E-state index contributed by atoms with van der Waals surface area (Å²) in [5, 5.41) is 0. The van der Waals surface area contributed by atoms with Gasteiger partial charge in [0.25, 0.3) is 0 Å². The van der Waals surface area contributed by atoms with Gasteiger partial charge in [-0.1, -0.05) is 0 Å².